The Labute approximate surface area is 123 Å². The molecule has 0 unspecified atom stereocenters. The van der Waals surface area contributed by atoms with Gasteiger partial charge >= 0.3 is 0 Å². The summed E-state index contributed by atoms with van der Waals surface area (Å²) in [4.78, 5) is 7.99. The topological polar surface area (TPSA) is 63.8 Å². The van der Waals surface area contributed by atoms with E-state index in [2.05, 4.69) is 31.2 Å². The third-order valence-electron chi connectivity index (χ3n) is 2.74. The van der Waals surface area contributed by atoms with Crippen LogP contribution in [0, 0.1) is 11.6 Å². The number of hydrogen-bond donors (Lipinski definition) is 2. The van der Waals surface area contributed by atoms with Gasteiger partial charge in [-0.2, -0.15) is 0 Å². The predicted octanol–water partition coefficient (Wildman–Crippen LogP) is 3.80. The van der Waals surface area contributed by atoms with E-state index in [-0.39, 0.29) is 10.2 Å². The van der Waals surface area contributed by atoms with Crippen LogP contribution in [-0.4, -0.2) is 9.97 Å². The van der Waals surface area contributed by atoms with E-state index in [1.807, 2.05) is 6.92 Å². The SMILES string of the molecule is CCCc1c(N)ncnc1Nc1cc(Br)c(F)cc1F. The molecule has 0 radical (unpaired) electrons. The average molecular weight is 343 g/mol. The lowest BCUT2D eigenvalue weighted by molar-refractivity contribution is 0.581. The zero-order valence-corrected chi connectivity index (χ0v) is 12.3. The number of hydrogen-bond acceptors (Lipinski definition) is 4. The largest absolute Gasteiger partial charge is 0.383 e. The van der Waals surface area contributed by atoms with Gasteiger partial charge in [-0.1, -0.05) is 13.3 Å². The fraction of sp³-hybridized carbons (Fsp3) is 0.231. The molecular formula is C13H13BrF2N4. The van der Waals surface area contributed by atoms with Crippen LogP contribution in [-0.2, 0) is 6.42 Å². The Morgan fingerprint density at radius 1 is 1.25 bits per heavy atom. The molecule has 3 N–H and O–H groups in total. The second-order valence-electron chi connectivity index (χ2n) is 4.21. The summed E-state index contributed by atoms with van der Waals surface area (Å²) in [6.07, 6.45) is 2.81. The Kier molecular flexibility index (Phi) is 4.49. The van der Waals surface area contributed by atoms with Gasteiger partial charge in [0.05, 0.1) is 10.2 Å². The van der Waals surface area contributed by atoms with Crippen LogP contribution < -0.4 is 11.1 Å². The van der Waals surface area contributed by atoms with E-state index in [1.165, 1.54) is 12.4 Å². The summed E-state index contributed by atoms with van der Waals surface area (Å²) in [5.74, 6) is -0.586. The van der Waals surface area contributed by atoms with Crippen molar-refractivity contribution in [1.82, 2.24) is 9.97 Å². The van der Waals surface area contributed by atoms with Crippen molar-refractivity contribution < 1.29 is 8.78 Å². The lowest BCUT2D eigenvalue weighted by Crippen LogP contribution is -2.06. The van der Waals surface area contributed by atoms with Crippen molar-refractivity contribution in [2.45, 2.75) is 19.8 Å². The smallest absolute Gasteiger partial charge is 0.149 e. The van der Waals surface area contributed by atoms with Crippen LogP contribution in [0.15, 0.2) is 22.9 Å². The van der Waals surface area contributed by atoms with Crippen LogP contribution >= 0.6 is 15.9 Å². The van der Waals surface area contributed by atoms with E-state index < -0.39 is 11.6 Å². The van der Waals surface area contributed by atoms with E-state index in [0.717, 1.165) is 18.1 Å². The van der Waals surface area contributed by atoms with E-state index in [0.29, 0.717) is 18.1 Å². The Morgan fingerprint density at radius 3 is 2.70 bits per heavy atom. The Hall–Kier alpha value is -1.76. The fourth-order valence-corrected chi connectivity index (χ4v) is 2.12. The molecule has 106 valence electrons. The molecule has 0 atom stereocenters. The number of nitrogen functional groups attached to an aromatic ring is 1. The number of anilines is 3. The minimum atomic E-state index is -0.703. The summed E-state index contributed by atoms with van der Waals surface area (Å²) >= 11 is 3.02. The molecule has 0 bridgehead atoms. The van der Waals surface area contributed by atoms with Gasteiger partial charge in [-0.15, -0.1) is 0 Å². The molecule has 1 heterocycles. The van der Waals surface area contributed by atoms with E-state index in [9.17, 15) is 8.78 Å². The molecule has 20 heavy (non-hydrogen) atoms. The zero-order chi connectivity index (χ0) is 14.7. The summed E-state index contributed by atoms with van der Waals surface area (Å²) < 4.78 is 27.1. The Balaban J connectivity index is 2.40. The molecule has 0 aliphatic carbocycles. The number of nitrogens with one attached hydrogen (secondary N) is 1. The maximum atomic E-state index is 13.7. The first-order valence-corrected chi connectivity index (χ1v) is 6.83. The minimum absolute atomic E-state index is 0.119. The molecule has 1 aromatic carbocycles. The highest BCUT2D eigenvalue weighted by Crippen LogP contribution is 2.28. The maximum absolute atomic E-state index is 13.7. The van der Waals surface area contributed by atoms with Crippen molar-refractivity contribution in [1.29, 1.82) is 0 Å². The number of nitrogens with zero attached hydrogens (tertiary/aromatic N) is 2. The average Bonchev–Trinajstić information content (AvgIpc) is 2.40. The molecule has 1 aromatic heterocycles. The van der Waals surface area contributed by atoms with Gasteiger partial charge in [0.1, 0.15) is 29.6 Å². The van der Waals surface area contributed by atoms with Crippen LogP contribution in [0.1, 0.15) is 18.9 Å². The molecule has 0 fully saturated rings. The fourth-order valence-electron chi connectivity index (χ4n) is 1.78. The maximum Gasteiger partial charge on any atom is 0.149 e. The Morgan fingerprint density at radius 2 is 2.00 bits per heavy atom. The van der Waals surface area contributed by atoms with Gasteiger partial charge in [0.25, 0.3) is 0 Å². The van der Waals surface area contributed by atoms with Crippen LogP contribution in [0.3, 0.4) is 0 Å². The first kappa shape index (κ1) is 14.6. The van der Waals surface area contributed by atoms with Crippen LogP contribution in [0.4, 0.5) is 26.1 Å². The standard InChI is InChI=1S/C13H13BrF2N4/c1-2-3-7-12(17)18-6-19-13(7)20-11-4-8(14)9(15)5-10(11)16/h4-6H,2-3H2,1H3,(H3,17,18,19,20). The van der Waals surface area contributed by atoms with E-state index >= 15 is 0 Å². The normalized spacial score (nSPS) is 10.6. The predicted molar refractivity (Wildman–Crippen MR) is 77.8 cm³/mol. The summed E-state index contributed by atoms with van der Waals surface area (Å²) in [6.45, 7) is 1.99. The van der Waals surface area contributed by atoms with Gasteiger partial charge in [-0.25, -0.2) is 18.7 Å². The van der Waals surface area contributed by atoms with Crippen molar-refractivity contribution in [3.8, 4) is 0 Å². The van der Waals surface area contributed by atoms with Crippen LogP contribution in [0.2, 0.25) is 0 Å². The summed E-state index contributed by atoms with van der Waals surface area (Å²) in [6, 6.07) is 2.12. The van der Waals surface area contributed by atoms with Crippen molar-refractivity contribution in [3.05, 3.63) is 40.1 Å². The van der Waals surface area contributed by atoms with E-state index in [1.54, 1.807) is 0 Å². The summed E-state index contributed by atoms with van der Waals surface area (Å²) in [7, 11) is 0. The molecule has 0 saturated heterocycles. The van der Waals surface area contributed by atoms with Gasteiger partial charge in [0.2, 0.25) is 0 Å². The highest BCUT2D eigenvalue weighted by atomic mass is 79.9. The molecule has 0 amide bonds. The molecule has 0 spiro atoms. The van der Waals surface area contributed by atoms with Gasteiger partial charge in [-0.3, -0.25) is 0 Å². The van der Waals surface area contributed by atoms with Gasteiger partial charge in [0.15, 0.2) is 0 Å². The second-order valence-corrected chi connectivity index (χ2v) is 5.06. The molecule has 0 saturated carbocycles. The van der Waals surface area contributed by atoms with Crippen LogP contribution in [0.25, 0.3) is 0 Å². The minimum Gasteiger partial charge on any atom is -0.383 e. The van der Waals surface area contributed by atoms with E-state index in [4.69, 9.17) is 5.73 Å². The molecule has 0 aliphatic rings. The third kappa shape index (κ3) is 3.04. The highest BCUT2D eigenvalue weighted by Gasteiger charge is 2.13. The van der Waals surface area contributed by atoms with Crippen molar-refractivity contribution in [2.75, 3.05) is 11.1 Å². The molecule has 0 aliphatic heterocycles. The van der Waals surface area contributed by atoms with Crippen molar-refractivity contribution in [3.63, 3.8) is 0 Å². The summed E-state index contributed by atoms with van der Waals surface area (Å²) in [5.41, 5.74) is 6.64. The van der Waals surface area contributed by atoms with Crippen molar-refractivity contribution in [2.24, 2.45) is 0 Å². The third-order valence-corrected chi connectivity index (χ3v) is 3.35. The Bertz CT molecular complexity index is 634. The highest BCUT2D eigenvalue weighted by molar-refractivity contribution is 9.10. The second kappa shape index (κ2) is 6.13. The number of aromatic nitrogens is 2. The molecule has 2 aromatic rings. The van der Waals surface area contributed by atoms with Gasteiger partial charge in [-0.05, 0) is 28.4 Å². The number of rotatable bonds is 4. The van der Waals surface area contributed by atoms with Gasteiger partial charge in [0, 0.05) is 11.6 Å². The first-order chi connectivity index (χ1) is 9.52. The number of benzene rings is 1. The number of halogens is 3. The molecule has 7 heteroatoms. The summed E-state index contributed by atoms with van der Waals surface area (Å²) in [5, 5.41) is 2.83. The lowest BCUT2D eigenvalue weighted by atomic mass is 10.1. The zero-order valence-electron chi connectivity index (χ0n) is 10.8. The van der Waals surface area contributed by atoms with Crippen LogP contribution in [0.5, 0.6) is 0 Å². The monoisotopic (exact) mass is 342 g/mol. The molecular weight excluding hydrogens is 330 g/mol. The molecule has 2 rings (SSSR count). The first-order valence-electron chi connectivity index (χ1n) is 6.03. The molecule has 4 nitrogen and oxygen atoms in total. The van der Waals surface area contributed by atoms with Gasteiger partial charge < -0.3 is 11.1 Å². The quantitative estimate of drug-likeness (QED) is 0.829. The lowest BCUT2D eigenvalue weighted by Gasteiger charge is -2.12. The number of nitrogens with two attached hydrogens (primary N) is 1. The van der Waals surface area contributed by atoms with Crippen molar-refractivity contribution >= 4 is 33.3 Å².